The fourth-order valence-corrected chi connectivity index (χ4v) is 3.78. The van der Waals surface area contributed by atoms with E-state index in [4.69, 9.17) is 0 Å². The molecule has 0 aliphatic rings. The van der Waals surface area contributed by atoms with E-state index in [-0.39, 0.29) is 18.4 Å². The first-order valence-electron chi connectivity index (χ1n) is 8.68. The third kappa shape index (κ3) is 4.59. The Balaban J connectivity index is 1.70. The zero-order valence-electron chi connectivity index (χ0n) is 14.8. The van der Waals surface area contributed by atoms with Gasteiger partial charge in [0.25, 0.3) is 0 Å². The largest absolute Gasteiger partial charge is 0.384 e. The van der Waals surface area contributed by atoms with E-state index in [0.29, 0.717) is 6.42 Å². The molecule has 26 heavy (non-hydrogen) atoms. The highest BCUT2D eigenvalue weighted by Crippen LogP contribution is 2.28. The van der Waals surface area contributed by atoms with Crippen LogP contribution in [-0.2, 0) is 10.4 Å². The molecule has 3 nitrogen and oxygen atoms in total. The summed E-state index contributed by atoms with van der Waals surface area (Å²) in [5.41, 5.74) is 1.98. The van der Waals surface area contributed by atoms with Crippen molar-refractivity contribution in [2.24, 2.45) is 0 Å². The number of benzene rings is 2. The van der Waals surface area contributed by atoms with Crippen molar-refractivity contribution in [1.82, 2.24) is 5.32 Å². The summed E-state index contributed by atoms with van der Waals surface area (Å²) < 4.78 is 0. The van der Waals surface area contributed by atoms with Crippen LogP contribution in [0.5, 0.6) is 0 Å². The molecule has 3 aromatic rings. The minimum absolute atomic E-state index is 0.0107. The minimum atomic E-state index is -1.06. The lowest BCUT2D eigenvalue weighted by atomic mass is 9.88. The van der Waals surface area contributed by atoms with E-state index in [1.54, 1.807) is 6.92 Å². The first-order chi connectivity index (χ1) is 12.6. The van der Waals surface area contributed by atoms with Crippen LogP contribution in [0.15, 0.2) is 77.5 Å². The van der Waals surface area contributed by atoms with E-state index in [0.717, 1.165) is 16.7 Å². The maximum absolute atomic E-state index is 12.6. The lowest BCUT2D eigenvalue weighted by molar-refractivity contribution is -0.122. The van der Waals surface area contributed by atoms with Crippen LogP contribution in [-0.4, -0.2) is 17.6 Å². The summed E-state index contributed by atoms with van der Waals surface area (Å²) in [5.74, 6) is -0.0818. The fourth-order valence-electron chi connectivity index (χ4n) is 3.00. The Hall–Kier alpha value is -2.43. The molecule has 1 heterocycles. The Labute approximate surface area is 158 Å². The first kappa shape index (κ1) is 18.4. The molecule has 4 heteroatoms. The minimum Gasteiger partial charge on any atom is -0.384 e. The van der Waals surface area contributed by atoms with Crippen molar-refractivity contribution < 1.29 is 9.90 Å². The molecule has 0 saturated carbocycles. The molecule has 0 spiro atoms. The van der Waals surface area contributed by atoms with Crippen LogP contribution in [0.25, 0.3) is 0 Å². The van der Waals surface area contributed by atoms with Gasteiger partial charge in [-0.25, -0.2) is 0 Å². The average Bonchev–Trinajstić information content (AvgIpc) is 3.22. The van der Waals surface area contributed by atoms with Gasteiger partial charge in [-0.3, -0.25) is 4.79 Å². The fraction of sp³-hybridized carbons (Fsp3) is 0.227. The predicted molar refractivity (Wildman–Crippen MR) is 106 cm³/mol. The average molecular weight is 365 g/mol. The van der Waals surface area contributed by atoms with E-state index < -0.39 is 5.60 Å². The van der Waals surface area contributed by atoms with Crippen LogP contribution < -0.4 is 5.32 Å². The third-order valence-electron chi connectivity index (χ3n) is 4.57. The molecule has 134 valence electrons. The number of rotatable bonds is 7. The van der Waals surface area contributed by atoms with Gasteiger partial charge in [0.1, 0.15) is 5.60 Å². The summed E-state index contributed by atoms with van der Waals surface area (Å²) in [6.45, 7) is 1.92. The molecule has 0 aliphatic heterocycles. The number of nitrogens with one attached hydrogen (secondary N) is 1. The number of carbonyl (C=O) groups is 1. The van der Waals surface area contributed by atoms with Crippen LogP contribution in [0.1, 0.15) is 36.0 Å². The number of hydrogen-bond acceptors (Lipinski definition) is 3. The molecule has 2 aromatic carbocycles. The van der Waals surface area contributed by atoms with Gasteiger partial charge in [-0.1, -0.05) is 60.7 Å². The summed E-state index contributed by atoms with van der Waals surface area (Å²) in [5, 5.41) is 17.3. The monoisotopic (exact) mass is 365 g/mol. The van der Waals surface area contributed by atoms with Gasteiger partial charge in [0, 0.05) is 12.3 Å². The molecule has 1 amide bonds. The number of carbonyl (C=O) groups excluding carboxylic acids is 1. The van der Waals surface area contributed by atoms with E-state index in [2.05, 4.69) is 5.32 Å². The Morgan fingerprint density at radius 2 is 1.62 bits per heavy atom. The molecule has 2 N–H and O–H groups in total. The van der Waals surface area contributed by atoms with E-state index in [1.165, 1.54) is 11.3 Å². The van der Waals surface area contributed by atoms with Crippen molar-refractivity contribution in [2.45, 2.75) is 24.9 Å². The molecule has 3 rings (SSSR count). The topological polar surface area (TPSA) is 49.3 Å². The second-order valence-electron chi connectivity index (χ2n) is 6.64. The SMILES string of the molecule is C[C@@](O)(CNC(=O)CC(c1ccccc1)c1ccccc1)c1ccsc1. The van der Waals surface area contributed by atoms with Crippen LogP contribution in [0.2, 0.25) is 0 Å². The number of aliphatic hydroxyl groups is 1. The Morgan fingerprint density at radius 1 is 1.04 bits per heavy atom. The quantitative estimate of drug-likeness (QED) is 0.656. The molecule has 0 bridgehead atoms. The molecule has 1 atom stereocenters. The van der Waals surface area contributed by atoms with Gasteiger partial charge in [0.05, 0.1) is 6.54 Å². The summed E-state index contributed by atoms with van der Waals surface area (Å²) >= 11 is 1.53. The molecule has 0 saturated heterocycles. The maximum atomic E-state index is 12.6. The lowest BCUT2D eigenvalue weighted by Gasteiger charge is -2.24. The van der Waals surface area contributed by atoms with Gasteiger partial charge in [0.15, 0.2) is 0 Å². The summed E-state index contributed by atoms with van der Waals surface area (Å²) in [6, 6.07) is 22.0. The highest BCUT2D eigenvalue weighted by Gasteiger charge is 2.25. The van der Waals surface area contributed by atoms with Crippen molar-refractivity contribution in [3.63, 3.8) is 0 Å². The summed E-state index contributed by atoms with van der Waals surface area (Å²) in [6.07, 6.45) is 0.341. The zero-order chi connectivity index (χ0) is 18.4. The van der Waals surface area contributed by atoms with Crippen molar-refractivity contribution in [1.29, 1.82) is 0 Å². The molecular formula is C22H23NO2S. The molecular weight excluding hydrogens is 342 g/mol. The summed E-state index contributed by atoms with van der Waals surface area (Å²) in [7, 11) is 0. The van der Waals surface area contributed by atoms with Crippen LogP contribution in [0.4, 0.5) is 0 Å². The highest BCUT2D eigenvalue weighted by atomic mass is 32.1. The van der Waals surface area contributed by atoms with Gasteiger partial charge in [0.2, 0.25) is 5.91 Å². The van der Waals surface area contributed by atoms with E-state index >= 15 is 0 Å². The number of hydrogen-bond donors (Lipinski definition) is 2. The highest BCUT2D eigenvalue weighted by molar-refractivity contribution is 7.08. The van der Waals surface area contributed by atoms with Gasteiger partial charge in [-0.15, -0.1) is 0 Å². The molecule has 0 radical (unpaired) electrons. The Kier molecular flexibility index (Phi) is 5.86. The van der Waals surface area contributed by atoms with Crippen molar-refractivity contribution in [3.8, 4) is 0 Å². The van der Waals surface area contributed by atoms with Gasteiger partial charge in [-0.05, 0) is 40.4 Å². The second-order valence-corrected chi connectivity index (χ2v) is 7.42. The maximum Gasteiger partial charge on any atom is 0.221 e. The number of thiophene rings is 1. The standard InChI is InChI=1S/C22H23NO2S/c1-22(25,19-12-13-26-15-19)16-23-21(24)14-20(17-8-4-2-5-9-17)18-10-6-3-7-11-18/h2-13,15,20,25H,14,16H2,1H3,(H,23,24)/t22-/m1/s1. The van der Waals surface area contributed by atoms with E-state index in [9.17, 15) is 9.90 Å². The third-order valence-corrected chi connectivity index (χ3v) is 5.25. The van der Waals surface area contributed by atoms with Crippen molar-refractivity contribution >= 4 is 17.2 Å². The van der Waals surface area contributed by atoms with Gasteiger partial charge in [-0.2, -0.15) is 11.3 Å². The Bertz CT molecular complexity index is 774. The van der Waals surface area contributed by atoms with Gasteiger partial charge >= 0.3 is 0 Å². The smallest absolute Gasteiger partial charge is 0.221 e. The van der Waals surface area contributed by atoms with Crippen LogP contribution >= 0.6 is 11.3 Å². The molecule has 0 aliphatic carbocycles. The number of amides is 1. The second kappa shape index (κ2) is 8.30. The predicted octanol–water partition coefficient (Wildman–Crippen LogP) is 4.29. The Morgan fingerprint density at radius 3 is 2.12 bits per heavy atom. The molecule has 0 unspecified atom stereocenters. The van der Waals surface area contributed by atoms with Crippen LogP contribution in [0, 0.1) is 0 Å². The zero-order valence-corrected chi connectivity index (χ0v) is 15.6. The van der Waals surface area contributed by atoms with Gasteiger partial charge < -0.3 is 10.4 Å². The first-order valence-corrected chi connectivity index (χ1v) is 9.62. The molecule has 0 fully saturated rings. The normalized spacial score (nSPS) is 13.3. The van der Waals surface area contributed by atoms with Crippen molar-refractivity contribution in [2.75, 3.05) is 6.54 Å². The van der Waals surface area contributed by atoms with Crippen LogP contribution in [0.3, 0.4) is 0 Å². The summed E-state index contributed by atoms with van der Waals surface area (Å²) in [4.78, 5) is 12.6. The molecule has 1 aromatic heterocycles. The van der Waals surface area contributed by atoms with E-state index in [1.807, 2.05) is 77.5 Å². The lowest BCUT2D eigenvalue weighted by Crippen LogP contribution is -2.38. The van der Waals surface area contributed by atoms with Crippen molar-refractivity contribution in [3.05, 3.63) is 94.2 Å².